The maximum Gasteiger partial charge on any atom is 0.416 e. The van der Waals surface area contributed by atoms with E-state index in [-0.39, 0.29) is 0 Å². The molecule has 0 spiro atoms. The van der Waals surface area contributed by atoms with Crippen molar-refractivity contribution < 1.29 is 21.6 Å². The van der Waals surface area contributed by atoms with Crippen LogP contribution in [0.15, 0.2) is 18.5 Å². The van der Waals surface area contributed by atoms with Gasteiger partial charge in [0.15, 0.2) is 0 Å². The third-order valence-electron chi connectivity index (χ3n) is 1.57. The highest BCUT2D eigenvalue weighted by molar-refractivity contribution is 7.88. The summed E-state index contributed by atoms with van der Waals surface area (Å²) in [6.07, 6.45) is -2.83. The van der Waals surface area contributed by atoms with Crippen LogP contribution in [0.1, 0.15) is 11.1 Å². The van der Waals surface area contributed by atoms with Crippen molar-refractivity contribution in [2.45, 2.75) is 11.9 Å². The van der Waals surface area contributed by atoms with Crippen molar-refractivity contribution in [3.8, 4) is 0 Å². The number of primary sulfonamides is 1. The maximum atomic E-state index is 12.4. The minimum atomic E-state index is -4.61. The third kappa shape index (κ3) is 3.48. The Bertz CT molecular complexity index is 456. The molecule has 1 heterocycles. The number of hydrogen-bond donors (Lipinski definition) is 1. The average Bonchev–Trinajstić information content (AvgIpc) is 1.99. The number of pyridine rings is 1. The molecule has 0 aliphatic heterocycles. The molecule has 0 radical (unpaired) electrons. The van der Waals surface area contributed by atoms with Crippen molar-refractivity contribution in [2.24, 2.45) is 5.14 Å². The average molecular weight is 240 g/mol. The summed E-state index contributed by atoms with van der Waals surface area (Å²) in [5, 5.41) is 4.66. The molecule has 1 rings (SSSR count). The molecule has 1 aromatic rings. The summed E-state index contributed by atoms with van der Waals surface area (Å²) in [4.78, 5) is 3.42. The molecule has 15 heavy (non-hydrogen) atoms. The molecular formula is C7H7F3N2O2S. The van der Waals surface area contributed by atoms with Crippen molar-refractivity contribution in [1.29, 1.82) is 0 Å². The van der Waals surface area contributed by atoms with Gasteiger partial charge >= 0.3 is 6.18 Å². The van der Waals surface area contributed by atoms with Gasteiger partial charge in [-0.15, -0.1) is 0 Å². The molecule has 0 amide bonds. The zero-order valence-electron chi connectivity index (χ0n) is 7.32. The lowest BCUT2D eigenvalue weighted by Gasteiger charge is -2.10. The molecule has 0 aliphatic rings. The number of aromatic nitrogens is 1. The summed E-state index contributed by atoms with van der Waals surface area (Å²) in [6.45, 7) is 0. The van der Waals surface area contributed by atoms with Crippen LogP contribution in [0.5, 0.6) is 0 Å². The minimum absolute atomic E-state index is 0.451. The first kappa shape index (κ1) is 11.9. The molecule has 2 N–H and O–H groups in total. The Balaban J connectivity index is 3.19. The highest BCUT2D eigenvalue weighted by Crippen LogP contribution is 2.31. The molecule has 1 aromatic heterocycles. The fourth-order valence-electron chi connectivity index (χ4n) is 1.04. The van der Waals surface area contributed by atoms with Crippen LogP contribution in [0.4, 0.5) is 13.2 Å². The van der Waals surface area contributed by atoms with Gasteiger partial charge in [-0.3, -0.25) is 4.98 Å². The lowest BCUT2D eigenvalue weighted by molar-refractivity contribution is -0.138. The Hall–Kier alpha value is -1.15. The van der Waals surface area contributed by atoms with Gasteiger partial charge in [-0.1, -0.05) is 0 Å². The van der Waals surface area contributed by atoms with E-state index in [4.69, 9.17) is 0 Å². The normalized spacial score (nSPS) is 12.8. The summed E-state index contributed by atoms with van der Waals surface area (Å²) in [7, 11) is -4.00. The maximum absolute atomic E-state index is 12.4. The Kier molecular flexibility index (Phi) is 3.00. The molecular weight excluding hydrogens is 233 g/mol. The fraction of sp³-hybridized carbons (Fsp3) is 0.286. The van der Waals surface area contributed by atoms with E-state index in [0.29, 0.717) is 6.07 Å². The standard InChI is InChI=1S/C7H7F3N2O2S/c8-7(9,10)6-1-2-12-3-5(6)4-15(11,13)14/h1-3H,4H2,(H2,11,13,14). The summed E-state index contributed by atoms with van der Waals surface area (Å²) < 4.78 is 58.4. The Morgan fingerprint density at radius 1 is 1.40 bits per heavy atom. The van der Waals surface area contributed by atoms with Gasteiger partial charge in [0.25, 0.3) is 0 Å². The molecule has 0 unspecified atom stereocenters. The summed E-state index contributed by atoms with van der Waals surface area (Å²) in [5.74, 6) is -0.879. The van der Waals surface area contributed by atoms with Crippen molar-refractivity contribution in [3.63, 3.8) is 0 Å². The van der Waals surface area contributed by atoms with Crippen molar-refractivity contribution in [2.75, 3.05) is 0 Å². The molecule has 0 bridgehead atoms. The topological polar surface area (TPSA) is 73.1 Å². The molecule has 0 aromatic carbocycles. The van der Waals surface area contributed by atoms with E-state index in [2.05, 4.69) is 10.1 Å². The van der Waals surface area contributed by atoms with Gasteiger partial charge in [0.05, 0.1) is 11.3 Å². The van der Waals surface area contributed by atoms with Crippen LogP contribution >= 0.6 is 0 Å². The van der Waals surface area contributed by atoms with E-state index in [1.54, 1.807) is 0 Å². The van der Waals surface area contributed by atoms with Crippen LogP contribution in [-0.2, 0) is 22.0 Å². The Morgan fingerprint density at radius 2 is 2.00 bits per heavy atom. The lowest BCUT2D eigenvalue weighted by atomic mass is 10.1. The predicted molar refractivity (Wildman–Crippen MR) is 46.1 cm³/mol. The minimum Gasteiger partial charge on any atom is -0.264 e. The van der Waals surface area contributed by atoms with E-state index in [1.807, 2.05) is 0 Å². The highest BCUT2D eigenvalue weighted by atomic mass is 32.2. The second-order valence-corrected chi connectivity index (χ2v) is 4.45. The number of rotatable bonds is 2. The molecule has 0 aliphatic carbocycles. The van der Waals surface area contributed by atoms with Crippen LogP contribution in [0.25, 0.3) is 0 Å². The van der Waals surface area contributed by atoms with Crippen LogP contribution in [0.2, 0.25) is 0 Å². The van der Waals surface area contributed by atoms with Crippen LogP contribution in [0, 0.1) is 0 Å². The molecule has 0 saturated carbocycles. The monoisotopic (exact) mass is 240 g/mol. The summed E-state index contributed by atoms with van der Waals surface area (Å²) in [5.41, 5.74) is -1.49. The van der Waals surface area contributed by atoms with Gasteiger partial charge in [0.1, 0.15) is 0 Å². The van der Waals surface area contributed by atoms with Crippen LogP contribution in [0.3, 0.4) is 0 Å². The van der Waals surface area contributed by atoms with Gasteiger partial charge < -0.3 is 0 Å². The number of alkyl halides is 3. The highest BCUT2D eigenvalue weighted by Gasteiger charge is 2.33. The second kappa shape index (κ2) is 3.78. The zero-order valence-corrected chi connectivity index (χ0v) is 8.14. The summed E-state index contributed by atoms with van der Waals surface area (Å²) in [6, 6.07) is 0.709. The van der Waals surface area contributed by atoms with E-state index in [0.717, 1.165) is 12.4 Å². The predicted octanol–water partition coefficient (Wildman–Crippen LogP) is 0.889. The van der Waals surface area contributed by atoms with E-state index >= 15 is 0 Å². The molecule has 8 heteroatoms. The Labute approximate surface area is 84.0 Å². The second-order valence-electron chi connectivity index (χ2n) is 2.84. The van der Waals surface area contributed by atoms with Gasteiger partial charge in [-0.25, -0.2) is 13.6 Å². The van der Waals surface area contributed by atoms with Crippen molar-refractivity contribution >= 4 is 10.0 Å². The fourth-order valence-corrected chi connectivity index (χ4v) is 1.70. The molecule has 4 nitrogen and oxygen atoms in total. The number of nitrogens with two attached hydrogens (primary N) is 1. The van der Waals surface area contributed by atoms with Gasteiger partial charge in [-0.05, 0) is 11.6 Å². The van der Waals surface area contributed by atoms with Gasteiger partial charge in [-0.2, -0.15) is 13.2 Å². The molecule has 0 saturated heterocycles. The molecule has 0 atom stereocenters. The molecule has 0 fully saturated rings. The van der Waals surface area contributed by atoms with E-state index in [1.165, 1.54) is 0 Å². The first-order chi connectivity index (χ1) is 6.70. The number of hydrogen-bond acceptors (Lipinski definition) is 3. The lowest BCUT2D eigenvalue weighted by Crippen LogP contribution is -2.18. The smallest absolute Gasteiger partial charge is 0.264 e. The number of nitrogens with zero attached hydrogens (tertiary/aromatic N) is 1. The van der Waals surface area contributed by atoms with Crippen LogP contribution < -0.4 is 5.14 Å². The van der Waals surface area contributed by atoms with Crippen molar-refractivity contribution in [1.82, 2.24) is 4.98 Å². The van der Waals surface area contributed by atoms with Crippen molar-refractivity contribution in [3.05, 3.63) is 29.6 Å². The van der Waals surface area contributed by atoms with Crippen LogP contribution in [-0.4, -0.2) is 13.4 Å². The van der Waals surface area contributed by atoms with Gasteiger partial charge in [0.2, 0.25) is 10.0 Å². The first-order valence-corrected chi connectivity index (χ1v) is 5.42. The molecule has 84 valence electrons. The SMILES string of the molecule is NS(=O)(=O)Cc1cnccc1C(F)(F)F. The number of halogens is 3. The van der Waals surface area contributed by atoms with E-state index < -0.39 is 33.1 Å². The van der Waals surface area contributed by atoms with Gasteiger partial charge in [0, 0.05) is 12.4 Å². The van der Waals surface area contributed by atoms with E-state index in [9.17, 15) is 21.6 Å². The third-order valence-corrected chi connectivity index (χ3v) is 2.28. The number of sulfonamides is 1. The Morgan fingerprint density at radius 3 is 2.47 bits per heavy atom. The zero-order chi connectivity index (χ0) is 11.7. The largest absolute Gasteiger partial charge is 0.416 e. The summed E-state index contributed by atoms with van der Waals surface area (Å²) >= 11 is 0. The quantitative estimate of drug-likeness (QED) is 0.834. The first-order valence-electron chi connectivity index (χ1n) is 3.71.